The maximum Gasteiger partial charge on any atom is 0.171 e. The molecule has 1 heterocycles. The molecule has 0 radical (unpaired) electrons. The molecule has 138 valence electrons. The molecule has 0 bridgehead atoms. The van der Waals surface area contributed by atoms with Crippen molar-refractivity contribution in [2.45, 2.75) is 13.0 Å². The monoisotopic (exact) mass is 373 g/mol. The lowest BCUT2D eigenvalue weighted by Gasteiger charge is -2.31. The number of anilines is 1. The van der Waals surface area contributed by atoms with Gasteiger partial charge >= 0.3 is 0 Å². The Kier molecular flexibility index (Phi) is 6.55. The molecule has 4 nitrogen and oxygen atoms in total. The van der Waals surface area contributed by atoms with Crippen LogP contribution in [0.5, 0.6) is 0 Å². The van der Waals surface area contributed by atoms with Crippen LogP contribution in [0.1, 0.15) is 17.2 Å². The lowest BCUT2D eigenvalue weighted by atomic mass is 10.1. The van der Waals surface area contributed by atoms with E-state index in [1.165, 1.54) is 11.6 Å². The van der Waals surface area contributed by atoms with E-state index in [0.717, 1.165) is 32.8 Å². The number of benzene rings is 2. The van der Waals surface area contributed by atoms with Crippen LogP contribution in [-0.4, -0.2) is 42.9 Å². The first kappa shape index (κ1) is 18.8. The summed E-state index contributed by atoms with van der Waals surface area (Å²) in [7, 11) is 0. The van der Waals surface area contributed by atoms with Crippen molar-refractivity contribution in [2.75, 3.05) is 38.2 Å². The number of ether oxygens (including phenoxy) is 1. The van der Waals surface area contributed by atoms with Crippen LogP contribution < -0.4 is 10.6 Å². The number of halogens is 1. The summed E-state index contributed by atoms with van der Waals surface area (Å²) in [5.41, 5.74) is 2.42. The van der Waals surface area contributed by atoms with Gasteiger partial charge in [0.05, 0.1) is 19.3 Å². The number of nitrogens with zero attached hydrogens (tertiary/aromatic N) is 1. The van der Waals surface area contributed by atoms with Crippen LogP contribution in [0.3, 0.4) is 0 Å². The van der Waals surface area contributed by atoms with Crippen LogP contribution in [0.15, 0.2) is 48.5 Å². The van der Waals surface area contributed by atoms with Crippen LogP contribution >= 0.6 is 12.2 Å². The first-order chi connectivity index (χ1) is 12.6. The minimum Gasteiger partial charge on any atom is -0.379 e. The number of aryl methyl sites for hydroxylation is 1. The lowest BCUT2D eigenvalue weighted by Crippen LogP contribution is -2.44. The molecule has 1 saturated heterocycles. The molecule has 1 aliphatic heterocycles. The fourth-order valence-corrected chi connectivity index (χ4v) is 3.22. The third kappa shape index (κ3) is 5.24. The zero-order chi connectivity index (χ0) is 18.4. The highest BCUT2D eigenvalue weighted by Gasteiger charge is 2.19. The summed E-state index contributed by atoms with van der Waals surface area (Å²) in [6.45, 7) is 5.91. The fraction of sp³-hybridized carbons (Fsp3) is 0.350. The van der Waals surface area contributed by atoms with Crippen molar-refractivity contribution < 1.29 is 9.13 Å². The molecule has 2 N–H and O–H groups in total. The minimum absolute atomic E-state index is 0.0459. The Bertz CT molecular complexity index is 735. The van der Waals surface area contributed by atoms with Gasteiger partial charge in [-0.25, -0.2) is 4.39 Å². The number of thiocarbonyl (C=S) groups is 1. The predicted molar refractivity (Wildman–Crippen MR) is 107 cm³/mol. The lowest BCUT2D eigenvalue weighted by molar-refractivity contribution is 0.0344. The summed E-state index contributed by atoms with van der Waals surface area (Å²) < 4.78 is 19.2. The number of hydrogen-bond acceptors (Lipinski definition) is 3. The quantitative estimate of drug-likeness (QED) is 0.785. The molecular formula is C20H24FN3OS. The van der Waals surface area contributed by atoms with Gasteiger partial charge in [0.15, 0.2) is 5.11 Å². The molecule has 0 aromatic heterocycles. The Morgan fingerprint density at radius 3 is 2.62 bits per heavy atom. The van der Waals surface area contributed by atoms with Gasteiger partial charge in [-0.2, -0.15) is 0 Å². The van der Waals surface area contributed by atoms with Crippen molar-refractivity contribution in [2.24, 2.45) is 0 Å². The van der Waals surface area contributed by atoms with E-state index in [1.807, 2.05) is 24.3 Å². The van der Waals surface area contributed by atoms with Gasteiger partial charge in [-0.05, 0) is 42.4 Å². The highest BCUT2D eigenvalue weighted by atomic mass is 32.1. The van der Waals surface area contributed by atoms with E-state index in [4.69, 9.17) is 17.0 Å². The molecule has 0 spiro atoms. The van der Waals surface area contributed by atoms with E-state index < -0.39 is 0 Å². The standard InChI is InChI=1S/C20H24FN3OS/c1-15-7-8-17(13-18(15)21)22-20(26)23-19(16-5-3-2-4-6-16)14-24-9-11-25-12-10-24/h2-8,13,19H,9-12,14H2,1H3,(H2,22,23,26)/t19-/m0/s1. The zero-order valence-corrected chi connectivity index (χ0v) is 15.7. The van der Waals surface area contributed by atoms with Crippen molar-refractivity contribution >= 4 is 23.0 Å². The van der Waals surface area contributed by atoms with Gasteiger partial charge in [0.25, 0.3) is 0 Å². The summed E-state index contributed by atoms with van der Waals surface area (Å²) in [6, 6.07) is 15.3. The van der Waals surface area contributed by atoms with E-state index >= 15 is 0 Å². The predicted octanol–water partition coefficient (Wildman–Crippen LogP) is 3.49. The molecule has 26 heavy (non-hydrogen) atoms. The molecule has 1 atom stereocenters. The molecule has 3 rings (SSSR count). The minimum atomic E-state index is -0.245. The third-order valence-electron chi connectivity index (χ3n) is 4.48. The maximum absolute atomic E-state index is 13.7. The molecule has 0 aliphatic carbocycles. The largest absolute Gasteiger partial charge is 0.379 e. The number of morpholine rings is 1. The van der Waals surface area contributed by atoms with Crippen molar-refractivity contribution in [3.8, 4) is 0 Å². The molecular weight excluding hydrogens is 349 g/mol. The molecule has 0 saturated carbocycles. The highest BCUT2D eigenvalue weighted by Crippen LogP contribution is 2.17. The second-order valence-electron chi connectivity index (χ2n) is 6.44. The summed E-state index contributed by atoms with van der Waals surface area (Å²) >= 11 is 5.47. The number of nitrogens with one attached hydrogen (secondary N) is 2. The van der Waals surface area contributed by atoms with E-state index in [9.17, 15) is 4.39 Å². The van der Waals surface area contributed by atoms with E-state index in [2.05, 4.69) is 27.7 Å². The Balaban J connectivity index is 1.67. The Hall–Kier alpha value is -2.02. The summed E-state index contributed by atoms with van der Waals surface area (Å²) in [5, 5.41) is 6.94. The smallest absolute Gasteiger partial charge is 0.171 e. The topological polar surface area (TPSA) is 36.5 Å². The van der Waals surface area contributed by atoms with Gasteiger partial charge in [-0.15, -0.1) is 0 Å². The molecule has 1 fully saturated rings. The second-order valence-corrected chi connectivity index (χ2v) is 6.85. The van der Waals surface area contributed by atoms with Crippen LogP contribution in [0.2, 0.25) is 0 Å². The Labute approximate surface area is 159 Å². The van der Waals surface area contributed by atoms with Gasteiger partial charge < -0.3 is 15.4 Å². The maximum atomic E-state index is 13.7. The first-order valence-corrected chi connectivity index (χ1v) is 9.21. The van der Waals surface area contributed by atoms with Crippen molar-refractivity contribution in [3.63, 3.8) is 0 Å². The number of rotatable bonds is 5. The van der Waals surface area contributed by atoms with Crippen molar-refractivity contribution in [3.05, 3.63) is 65.5 Å². The normalized spacial score (nSPS) is 16.1. The fourth-order valence-electron chi connectivity index (χ4n) is 2.96. The van der Waals surface area contributed by atoms with E-state index in [-0.39, 0.29) is 11.9 Å². The van der Waals surface area contributed by atoms with Crippen LogP contribution in [0.25, 0.3) is 0 Å². The van der Waals surface area contributed by atoms with Gasteiger partial charge in [-0.1, -0.05) is 36.4 Å². The van der Waals surface area contributed by atoms with Gasteiger partial charge in [0, 0.05) is 25.3 Å². The summed E-state index contributed by atoms with van der Waals surface area (Å²) in [5.74, 6) is -0.245. The summed E-state index contributed by atoms with van der Waals surface area (Å²) in [6.07, 6.45) is 0. The molecule has 6 heteroatoms. The van der Waals surface area contributed by atoms with E-state index in [1.54, 1.807) is 13.0 Å². The van der Waals surface area contributed by atoms with Gasteiger partial charge in [-0.3, -0.25) is 4.90 Å². The van der Waals surface area contributed by atoms with Crippen molar-refractivity contribution in [1.29, 1.82) is 0 Å². The molecule has 0 unspecified atom stereocenters. The number of hydrogen-bond donors (Lipinski definition) is 2. The molecule has 1 aliphatic rings. The van der Waals surface area contributed by atoms with Crippen molar-refractivity contribution in [1.82, 2.24) is 10.2 Å². The van der Waals surface area contributed by atoms with Gasteiger partial charge in [0.2, 0.25) is 0 Å². The van der Waals surface area contributed by atoms with Crippen LogP contribution in [-0.2, 0) is 4.74 Å². The van der Waals surface area contributed by atoms with Crippen LogP contribution in [0.4, 0.5) is 10.1 Å². The van der Waals surface area contributed by atoms with E-state index in [0.29, 0.717) is 16.4 Å². The second kappa shape index (κ2) is 9.07. The third-order valence-corrected chi connectivity index (χ3v) is 4.70. The summed E-state index contributed by atoms with van der Waals surface area (Å²) in [4.78, 5) is 2.36. The van der Waals surface area contributed by atoms with Gasteiger partial charge in [0.1, 0.15) is 5.82 Å². The average Bonchev–Trinajstić information content (AvgIpc) is 2.66. The zero-order valence-electron chi connectivity index (χ0n) is 14.9. The average molecular weight is 373 g/mol. The molecule has 2 aromatic carbocycles. The Morgan fingerprint density at radius 2 is 1.92 bits per heavy atom. The van der Waals surface area contributed by atoms with Crippen LogP contribution in [0, 0.1) is 12.7 Å². The molecule has 2 aromatic rings. The Morgan fingerprint density at radius 1 is 1.19 bits per heavy atom. The highest BCUT2D eigenvalue weighted by molar-refractivity contribution is 7.80. The SMILES string of the molecule is Cc1ccc(NC(=S)N[C@@H](CN2CCOCC2)c2ccccc2)cc1F. The first-order valence-electron chi connectivity index (χ1n) is 8.80. The molecule has 0 amide bonds.